The van der Waals surface area contributed by atoms with Gasteiger partial charge in [-0.15, -0.1) is 0 Å². The molecule has 5 nitrogen and oxygen atoms in total. The monoisotopic (exact) mass is 374 g/mol. The molecule has 3 saturated carbocycles. The average molecular weight is 374 g/mol. The maximum atomic E-state index is 12.4. The third-order valence-corrected chi connectivity index (χ3v) is 8.57. The number of hydrogen-bond acceptors (Lipinski definition) is 5. The molecular formula is C22H30O5. The highest BCUT2D eigenvalue weighted by atomic mass is 16.3. The van der Waals surface area contributed by atoms with E-state index < -0.39 is 29.5 Å². The molecular weight excluding hydrogens is 344 g/mol. The van der Waals surface area contributed by atoms with E-state index in [1.807, 2.05) is 13.0 Å². The Morgan fingerprint density at radius 1 is 1.33 bits per heavy atom. The van der Waals surface area contributed by atoms with E-state index in [9.17, 15) is 24.9 Å². The summed E-state index contributed by atoms with van der Waals surface area (Å²) >= 11 is 0. The number of rotatable bonds is 2. The average Bonchev–Trinajstić information content (AvgIpc) is 2.87. The van der Waals surface area contributed by atoms with Gasteiger partial charge in [-0.05, 0) is 55.6 Å². The first kappa shape index (κ1) is 19.0. The van der Waals surface area contributed by atoms with E-state index in [4.69, 9.17) is 0 Å². The third kappa shape index (κ3) is 2.28. The van der Waals surface area contributed by atoms with Crippen LogP contribution in [0.5, 0.6) is 0 Å². The number of ketones is 2. The Morgan fingerprint density at radius 3 is 2.70 bits per heavy atom. The van der Waals surface area contributed by atoms with Crippen molar-refractivity contribution in [3.05, 3.63) is 23.8 Å². The number of hydrogen-bond donors (Lipinski definition) is 3. The summed E-state index contributed by atoms with van der Waals surface area (Å²) < 4.78 is 0. The normalized spacial score (nSPS) is 51.3. The Bertz CT molecular complexity index is 754. The largest absolute Gasteiger partial charge is 0.393 e. The van der Waals surface area contributed by atoms with Crippen LogP contribution in [0.3, 0.4) is 0 Å². The van der Waals surface area contributed by atoms with Crippen LogP contribution < -0.4 is 0 Å². The van der Waals surface area contributed by atoms with Crippen molar-refractivity contribution in [2.24, 2.45) is 34.5 Å². The second-order valence-electron chi connectivity index (χ2n) is 9.72. The maximum absolute atomic E-state index is 12.4. The number of aliphatic hydroxyl groups excluding tert-OH is 2. The van der Waals surface area contributed by atoms with Crippen molar-refractivity contribution in [3.8, 4) is 0 Å². The fourth-order valence-corrected chi connectivity index (χ4v) is 7.34. The molecule has 8 atom stereocenters. The molecule has 0 saturated heterocycles. The van der Waals surface area contributed by atoms with Crippen molar-refractivity contribution in [1.29, 1.82) is 0 Å². The minimum absolute atomic E-state index is 0.00620. The van der Waals surface area contributed by atoms with Crippen molar-refractivity contribution >= 4 is 11.6 Å². The van der Waals surface area contributed by atoms with Gasteiger partial charge in [0.2, 0.25) is 0 Å². The first-order chi connectivity index (χ1) is 12.6. The highest BCUT2D eigenvalue weighted by Crippen LogP contribution is 2.67. The Balaban J connectivity index is 1.78. The number of Topliss-reactive ketones (excluding diaryl/α,β-unsaturated/α-hetero) is 1. The standard InChI is InChI=1S/C22H30O5/c1-12-8-14-15-5-7-22(27,18(26)11-23)21(15,3)10-17(25)19(14)20(2)6-4-13(24)9-16(12)20/h4,6,9,12,14-15,17,19,23,25,27H,5,7-8,10-11H2,1-3H3/t12-,14-,15-,17+,19+,20-,21+,22-/m0/s1. The summed E-state index contributed by atoms with van der Waals surface area (Å²) in [6.45, 7) is 5.48. The molecule has 0 aliphatic heterocycles. The Hall–Kier alpha value is -1.30. The maximum Gasteiger partial charge on any atom is 0.190 e. The van der Waals surface area contributed by atoms with Crippen LogP contribution in [0.15, 0.2) is 23.8 Å². The van der Waals surface area contributed by atoms with E-state index in [-0.39, 0.29) is 34.9 Å². The molecule has 0 aromatic rings. The lowest BCUT2D eigenvalue weighted by atomic mass is 9.45. The molecule has 4 aliphatic carbocycles. The van der Waals surface area contributed by atoms with Crippen molar-refractivity contribution in [2.45, 2.75) is 58.2 Å². The molecule has 4 aliphatic rings. The van der Waals surface area contributed by atoms with Crippen LogP contribution >= 0.6 is 0 Å². The summed E-state index contributed by atoms with van der Waals surface area (Å²) in [5.41, 5.74) is -1.59. The number of aliphatic hydroxyl groups is 3. The fourth-order valence-electron chi connectivity index (χ4n) is 7.34. The Kier molecular flexibility index (Phi) is 4.12. The molecule has 5 heteroatoms. The van der Waals surface area contributed by atoms with Gasteiger partial charge in [-0.1, -0.05) is 32.4 Å². The summed E-state index contributed by atoms with van der Waals surface area (Å²) in [4.78, 5) is 24.4. The van der Waals surface area contributed by atoms with Crippen LogP contribution in [0.1, 0.15) is 46.5 Å². The van der Waals surface area contributed by atoms with E-state index in [1.54, 1.807) is 12.2 Å². The third-order valence-electron chi connectivity index (χ3n) is 8.57. The van der Waals surface area contributed by atoms with Gasteiger partial charge in [0, 0.05) is 16.7 Å². The van der Waals surface area contributed by atoms with Crippen LogP contribution in [0.4, 0.5) is 0 Å². The van der Waals surface area contributed by atoms with Gasteiger partial charge in [0.05, 0.1) is 6.10 Å². The first-order valence-corrected chi connectivity index (χ1v) is 10.1. The van der Waals surface area contributed by atoms with E-state index >= 15 is 0 Å². The Labute approximate surface area is 160 Å². The smallest absolute Gasteiger partial charge is 0.190 e. The molecule has 3 N–H and O–H groups in total. The second kappa shape index (κ2) is 5.85. The van der Waals surface area contributed by atoms with Gasteiger partial charge in [-0.2, -0.15) is 0 Å². The van der Waals surface area contributed by atoms with Gasteiger partial charge in [0.1, 0.15) is 12.2 Å². The van der Waals surface area contributed by atoms with Crippen LogP contribution in [-0.2, 0) is 9.59 Å². The van der Waals surface area contributed by atoms with Gasteiger partial charge < -0.3 is 15.3 Å². The number of carbonyl (C=O) groups excluding carboxylic acids is 2. The molecule has 3 fully saturated rings. The van der Waals surface area contributed by atoms with Crippen molar-refractivity contribution in [3.63, 3.8) is 0 Å². The van der Waals surface area contributed by atoms with Crippen molar-refractivity contribution in [1.82, 2.24) is 0 Å². The summed E-state index contributed by atoms with van der Waals surface area (Å²) in [6.07, 6.45) is 6.87. The van der Waals surface area contributed by atoms with Crippen LogP contribution in [0.2, 0.25) is 0 Å². The van der Waals surface area contributed by atoms with Crippen LogP contribution in [0.25, 0.3) is 0 Å². The van der Waals surface area contributed by atoms with E-state index in [2.05, 4.69) is 13.8 Å². The van der Waals surface area contributed by atoms with E-state index in [0.717, 1.165) is 18.4 Å². The summed E-state index contributed by atoms with van der Waals surface area (Å²) in [6, 6.07) is 0. The van der Waals surface area contributed by atoms with Gasteiger partial charge in [-0.25, -0.2) is 0 Å². The topological polar surface area (TPSA) is 94.8 Å². The predicted octanol–water partition coefficient (Wildman–Crippen LogP) is 1.80. The molecule has 0 radical (unpaired) electrons. The molecule has 0 heterocycles. The molecule has 0 bridgehead atoms. The molecule has 0 amide bonds. The van der Waals surface area contributed by atoms with Gasteiger partial charge in [-0.3, -0.25) is 9.59 Å². The molecule has 0 aromatic carbocycles. The first-order valence-electron chi connectivity index (χ1n) is 10.1. The minimum atomic E-state index is -1.57. The highest BCUT2D eigenvalue weighted by Gasteiger charge is 2.68. The van der Waals surface area contributed by atoms with E-state index in [0.29, 0.717) is 12.8 Å². The lowest BCUT2D eigenvalue weighted by molar-refractivity contribution is -0.180. The zero-order valence-electron chi connectivity index (χ0n) is 16.3. The summed E-state index contributed by atoms with van der Waals surface area (Å²) in [5.74, 6) is -0.0768. The SMILES string of the molecule is C[C@H]1C[C@@H]2[C@H]([C@H](O)C[C@]3(C)[C@H]2CC[C@]3(O)C(=O)CO)[C@@]2(C)C=CC(=O)C=C12. The highest BCUT2D eigenvalue weighted by molar-refractivity contribution is 6.01. The Morgan fingerprint density at radius 2 is 2.04 bits per heavy atom. The van der Waals surface area contributed by atoms with Gasteiger partial charge >= 0.3 is 0 Å². The minimum Gasteiger partial charge on any atom is -0.393 e. The quantitative estimate of drug-likeness (QED) is 0.685. The van der Waals surface area contributed by atoms with Crippen LogP contribution in [-0.4, -0.2) is 45.2 Å². The number of allylic oxidation sites excluding steroid dienone is 4. The summed E-state index contributed by atoms with van der Waals surface area (Å²) in [5, 5.41) is 31.9. The molecule has 4 rings (SSSR count). The number of carbonyl (C=O) groups is 2. The lowest BCUT2D eigenvalue weighted by Crippen LogP contribution is -2.62. The number of fused-ring (bicyclic) bond motifs is 5. The second-order valence-corrected chi connectivity index (χ2v) is 9.72. The van der Waals surface area contributed by atoms with Gasteiger partial charge in [0.15, 0.2) is 11.6 Å². The molecule has 0 spiro atoms. The zero-order valence-corrected chi connectivity index (χ0v) is 16.3. The fraction of sp³-hybridized carbons (Fsp3) is 0.727. The predicted molar refractivity (Wildman–Crippen MR) is 99.6 cm³/mol. The molecule has 0 unspecified atom stereocenters. The zero-order chi connectivity index (χ0) is 19.8. The van der Waals surface area contributed by atoms with Crippen LogP contribution in [0, 0.1) is 34.5 Å². The van der Waals surface area contributed by atoms with Crippen molar-refractivity contribution in [2.75, 3.05) is 6.61 Å². The molecule has 0 aromatic heterocycles. The summed E-state index contributed by atoms with van der Waals surface area (Å²) in [7, 11) is 0. The van der Waals surface area contributed by atoms with Gasteiger partial charge in [0.25, 0.3) is 0 Å². The van der Waals surface area contributed by atoms with Crippen molar-refractivity contribution < 1.29 is 24.9 Å². The van der Waals surface area contributed by atoms with E-state index in [1.165, 1.54) is 0 Å². The molecule has 148 valence electrons. The molecule has 27 heavy (non-hydrogen) atoms. The lowest BCUT2D eigenvalue weighted by Gasteiger charge is -2.60.